The maximum Gasteiger partial charge on any atom is 0.494 e. The summed E-state index contributed by atoms with van der Waals surface area (Å²) in [7, 11) is -0.423. The first-order chi connectivity index (χ1) is 16.4. The lowest BCUT2D eigenvalue weighted by atomic mass is 9.79. The van der Waals surface area contributed by atoms with Crippen LogP contribution in [-0.2, 0) is 25.4 Å². The molecule has 1 heterocycles. The zero-order valence-electron chi connectivity index (χ0n) is 21.5. The normalized spacial score (nSPS) is 20.0. The molecule has 3 rings (SSSR count). The molecule has 2 N–H and O–H groups in total. The molecule has 0 saturated carbocycles. The van der Waals surface area contributed by atoms with Crippen molar-refractivity contribution in [2.75, 3.05) is 12.3 Å². The zero-order valence-corrected chi connectivity index (χ0v) is 22.4. The third-order valence-corrected chi connectivity index (χ3v) is 7.68. The van der Waals surface area contributed by atoms with Crippen molar-refractivity contribution >= 4 is 37.2 Å². The van der Waals surface area contributed by atoms with E-state index in [0.29, 0.717) is 18.7 Å². The molecule has 0 radical (unpaired) electrons. The molecular weight excluding hydrogens is 463 g/mol. The van der Waals surface area contributed by atoms with Gasteiger partial charge < -0.3 is 19.4 Å². The van der Waals surface area contributed by atoms with Crippen molar-refractivity contribution in [3.8, 4) is 0 Å². The first-order valence-corrected chi connectivity index (χ1v) is 12.7. The molecule has 9 heteroatoms. The van der Waals surface area contributed by atoms with Crippen LogP contribution in [0.15, 0.2) is 47.7 Å². The van der Waals surface area contributed by atoms with Gasteiger partial charge in [0.05, 0.1) is 11.2 Å². The minimum atomic E-state index is -0.513. The molecule has 2 unspecified atom stereocenters. The molecule has 35 heavy (non-hydrogen) atoms. The van der Waals surface area contributed by atoms with Crippen molar-refractivity contribution in [3.05, 3.63) is 53.3 Å². The Morgan fingerprint density at radius 1 is 1.11 bits per heavy atom. The van der Waals surface area contributed by atoms with Crippen molar-refractivity contribution in [2.24, 2.45) is 11.8 Å². The van der Waals surface area contributed by atoms with Crippen LogP contribution in [0.1, 0.15) is 53.5 Å². The van der Waals surface area contributed by atoms with Crippen LogP contribution in [0.2, 0.25) is 0 Å². The van der Waals surface area contributed by atoms with E-state index in [0.717, 1.165) is 22.3 Å². The number of benzene rings is 1. The van der Waals surface area contributed by atoms with Crippen LogP contribution in [0.4, 0.5) is 4.79 Å². The number of ether oxygens (including phenoxy) is 1. The Kier molecular flexibility index (Phi) is 8.78. The molecule has 0 bridgehead atoms. The van der Waals surface area contributed by atoms with E-state index < -0.39 is 24.4 Å². The number of amides is 2. The van der Waals surface area contributed by atoms with Gasteiger partial charge in [-0.05, 0) is 62.0 Å². The lowest BCUT2D eigenvalue weighted by Crippen LogP contribution is -2.41. The molecule has 2 amide bonds. The van der Waals surface area contributed by atoms with Gasteiger partial charge in [-0.15, -0.1) is 0 Å². The molecule has 0 aromatic heterocycles. The zero-order chi connectivity index (χ0) is 25.8. The molecular formula is C26H37BN2O5S. The van der Waals surface area contributed by atoms with Gasteiger partial charge in [0, 0.05) is 24.6 Å². The van der Waals surface area contributed by atoms with E-state index in [2.05, 4.69) is 23.3 Å². The molecule has 1 saturated heterocycles. The highest BCUT2D eigenvalue weighted by Gasteiger charge is 2.51. The van der Waals surface area contributed by atoms with Gasteiger partial charge in [0.15, 0.2) is 0 Å². The fourth-order valence-electron chi connectivity index (χ4n) is 3.63. The van der Waals surface area contributed by atoms with Gasteiger partial charge >= 0.3 is 13.2 Å². The lowest BCUT2D eigenvalue weighted by Gasteiger charge is -2.32. The molecule has 2 atom stereocenters. The monoisotopic (exact) mass is 500 g/mol. The van der Waals surface area contributed by atoms with Gasteiger partial charge in [0.25, 0.3) is 0 Å². The SMILES string of the molecule is CC(CS)C(C)C(=O)NCC1=CCC(NC(=O)OCc2ccc(B3OC(C)(C)C(C)(C)O3)cc2)=C1. The van der Waals surface area contributed by atoms with Gasteiger partial charge in [0.1, 0.15) is 6.61 Å². The van der Waals surface area contributed by atoms with Crippen molar-refractivity contribution < 1.29 is 23.6 Å². The number of allylic oxidation sites excluding steroid dienone is 1. The van der Waals surface area contributed by atoms with Crippen molar-refractivity contribution in [1.29, 1.82) is 0 Å². The van der Waals surface area contributed by atoms with Gasteiger partial charge in [-0.3, -0.25) is 10.1 Å². The van der Waals surface area contributed by atoms with Crippen LogP contribution in [0.5, 0.6) is 0 Å². The second kappa shape index (κ2) is 11.2. The molecule has 7 nitrogen and oxygen atoms in total. The van der Waals surface area contributed by atoms with Gasteiger partial charge in [-0.2, -0.15) is 12.6 Å². The molecule has 1 aromatic carbocycles. The average Bonchev–Trinajstić information content (AvgIpc) is 3.35. The summed E-state index contributed by atoms with van der Waals surface area (Å²) in [6.45, 7) is 12.6. The predicted molar refractivity (Wildman–Crippen MR) is 141 cm³/mol. The Morgan fingerprint density at radius 3 is 2.34 bits per heavy atom. The summed E-state index contributed by atoms with van der Waals surface area (Å²) in [6, 6.07) is 7.67. The summed E-state index contributed by atoms with van der Waals surface area (Å²) >= 11 is 4.26. The van der Waals surface area contributed by atoms with E-state index in [-0.39, 0.29) is 24.3 Å². The van der Waals surface area contributed by atoms with E-state index in [1.54, 1.807) is 0 Å². The van der Waals surface area contributed by atoms with E-state index in [1.807, 2.05) is 78.0 Å². The number of hydrogen-bond acceptors (Lipinski definition) is 6. The predicted octanol–water partition coefficient (Wildman–Crippen LogP) is 3.74. The van der Waals surface area contributed by atoms with E-state index in [1.165, 1.54) is 0 Å². The summed E-state index contributed by atoms with van der Waals surface area (Å²) in [6.07, 6.45) is 3.93. The van der Waals surface area contributed by atoms with Crippen molar-refractivity contribution in [2.45, 2.75) is 65.8 Å². The molecule has 190 valence electrons. The standard InChI is InChI=1S/C26H37BN2O5S/c1-17(16-35)18(2)23(30)28-14-20-9-12-22(13-20)29-24(31)32-15-19-7-10-21(11-8-19)27-33-25(3,4)26(5,6)34-27/h7-11,13,17-18,35H,12,14-16H2,1-6H3,(H,28,30)(H,29,31). The number of hydrogen-bond donors (Lipinski definition) is 3. The number of nitrogens with one attached hydrogen (secondary N) is 2. The molecule has 1 aliphatic carbocycles. The molecule has 2 aliphatic rings. The summed E-state index contributed by atoms with van der Waals surface area (Å²) in [5.74, 6) is 0.777. The average molecular weight is 500 g/mol. The van der Waals surface area contributed by atoms with Crippen LogP contribution in [0.3, 0.4) is 0 Å². The van der Waals surface area contributed by atoms with E-state index in [4.69, 9.17) is 14.0 Å². The van der Waals surface area contributed by atoms with Gasteiger partial charge in [-0.25, -0.2) is 4.79 Å². The number of carbonyl (C=O) groups is 2. The topological polar surface area (TPSA) is 85.9 Å². The van der Waals surface area contributed by atoms with Crippen LogP contribution in [0.25, 0.3) is 0 Å². The Morgan fingerprint density at radius 2 is 1.74 bits per heavy atom. The summed E-state index contributed by atoms with van der Waals surface area (Å²) in [5, 5.41) is 5.72. The minimum Gasteiger partial charge on any atom is -0.444 e. The van der Waals surface area contributed by atoms with Crippen molar-refractivity contribution in [1.82, 2.24) is 10.6 Å². The van der Waals surface area contributed by atoms with Crippen molar-refractivity contribution in [3.63, 3.8) is 0 Å². The molecule has 0 spiro atoms. The van der Waals surface area contributed by atoms with Crippen LogP contribution < -0.4 is 16.1 Å². The van der Waals surface area contributed by atoms with Crippen LogP contribution >= 0.6 is 12.6 Å². The highest BCUT2D eigenvalue weighted by molar-refractivity contribution is 7.80. The Labute approximate surface area is 214 Å². The fourth-order valence-corrected chi connectivity index (χ4v) is 3.94. The largest absolute Gasteiger partial charge is 0.494 e. The van der Waals surface area contributed by atoms with E-state index in [9.17, 15) is 9.59 Å². The van der Waals surface area contributed by atoms with Gasteiger partial charge in [0.2, 0.25) is 5.91 Å². The molecule has 1 aliphatic heterocycles. The second-order valence-corrected chi connectivity index (χ2v) is 10.7. The maximum atomic E-state index is 12.2. The first kappa shape index (κ1) is 27.4. The quantitative estimate of drug-likeness (QED) is 0.355. The number of thiol groups is 1. The first-order valence-electron chi connectivity index (χ1n) is 12.1. The summed E-state index contributed by atoms with van der Waals surface area (Å²) in [5.41, 5.74) is 2.70. The highest BCUT2D eigenvalue weighted by Crippen LogP contribution is 2.36. The number of rotatable bonds is 9. The van der Waals surface area contributed by atoms with E-state index >= 15 is 0 Å². The lowest BCUT2D eigenvalue weighted by molar-refractivity contribution is -0.125. The maximum absolute atomic E-state index is 12.2. The Hall–Kier alpha value is -2.23. The minimum absolute atomic E-state index is 0.00571. The summed E-state index contributed by atoms with van der Waals surface area (Å²) in [4.78, 5) is 24.5. The fraction of sp³-hybridized carbons (Fsp3) is 0.538. The Balaban J connectivity index is 1.42. The highest BCUT2D eigenvalue weighted by atomic mass is 32.1. The Bertz CT molecular complexity index is 974. The third-order valence-electron chi connectivity index (χ3n) is 7.10. The smallest absolute Gasteiger partial charge is 0.444 e. The number of carbonyl (C=O) groups excluding carboxylic acids is 2. The second-order valence-electron chi connectivity index (χ2n) is 10.4. The summed E-state index contributed by atoms with van der Waals surface area (Å²) < 4.78 is 17.5. The molecule has 1 aromatic rings. The van der Waals surface area contributed by atoms with Crippen LogP contribution in [-0.4, -0.2) is 42.6 Å². The molecule has 1 fully saturated rings. The third kappa shape index (κ3) is 6.93. The van der Waals surface area contributed by atoms with Crippen LogP contribution in [0, 0.1) is 11.8 Å². The van der Waals surface area contributed by atoms with Gasteiger partial charge in [-0.1, -0.05) is 44.2 Å². The number of alkyl carbamates (subject to hydrolysis) is 1.